The van der Waals surface area contributed by atoms with Crippen LogP contribution in [0, 0.1) is 11.7 Å². The molecule has 9 heteroatoms. The normalized spacial score (nSPS) is 12.7. The number of halogens is 4. The van der Waals surface area contributed by atoms with Crippen molar-refractivity contribution in [3.63, 3.8) is 0 Å². The summed E-state index contributed by atoms with van der Waals surface area (Å²) in [6.07, 6.45) is -0.782. The predicted molar refractivity (Wildman–Crippen MR) is 140 cm³/mol. The third-order valence-corrected chi connectivity index (χ3v) is 6.16. The van der Waals surface area contributed by atoms with Crippen molar-refractivity contribution in [3.05, 3.63) is 98.2 Å². The fourth-order valence-electron chi connectivity index (χ4n) is 3.48. The average Bonchev–Trinajstić information content (AvgIpc) is 2.82. The van der Waals surface area contributed by atoms with Gasteiger partial charge < -0.3 is 14.8 Å². The lowest BCUT2D eigenvalue weighted by atomic mass is 10.0. The summed E-state index contributed by atoms with van der Waals surface area (Å²) in [4.78, 5) is 24.9. The first-order valence-corrected chi connectivity index (χ1v) is 12.4. The van der Waals surface area contributed by atoms with E-state index in [1.165, 1.54) is 12.1 Å². The minimum Gasteiger partial charge on any atom is -0.478 e. The van der Waals surface area contributed by atoms with Crippen LogP contribution in [-0.4, -0.2) is 24.5 Å². The van der Waals surface area contributed by atoms with Crippen LogP contribution in [0.3, 0.4) is 0 Å². The van der Waals surface area contributed by atoms with Gasteiger partial charge in [0.2, 0.25) is 0 Å². The zero-order valence-corrected chi connectivity index (χ0v) is 22.1. The molecule has 36 heavy (non-hydrogen) atoms. The van der Waals surface area contributed by atoms with Crippen molar-refractivity contribution in [3.8, 4) is 5.75 Å². The summed E-state index contributed by atoms with van der Waals surface area (Å²) in [5.74, 6) is -2.23. The molecule has 0 spiro atoms. The Morgan fingerprint density at radius 3 is 2.19 bits per heavy atom. The van der Waals surface area contributed by atoms with E-state index in [0.29, 0.717) is 26.2 Å². The molecule has 2 unspecified atom stereocenters. The molecule has 0 bridgehead atoms. The van der Waals surface area contributed by atoms with Crippen molar-refractivity contribution < 1.29 is 23.5 Å². The van der Waals surface area contributed by atoms with Crippen molar-refractivity contribution in [2.75, 3.05) is 6.61 Å². The van der Waals surface area contributed by atoms with Gasteiger partial charge in [0.15, 0.2) is 17.7 Å². The molecule has 0 radical (unpaired) electrons. The second kappa shape index (κ2) is 12.4. The molecule has 1 N–H and O–H groups in total. The van der Waals surface area contributed by atoms with E-state index in [9.17, 15) is 9.59 Å². The van der Waals surface area contributed by atoms with E-state index in [4.69, 9.17) is 44.3 Å². The molecule has 190 valence electrons. The molecule has 0 aromatic heterocycles. The van der Waals surface area contributed by atoms with Gasteiger partial charge in [-0.15, -0.1) is 0 Å². The largest absolute Gasteiger partial charge is 0.478 e. The summed E-state index contributed by atoms with van der Waals surface area (Å²) in [7, 11) is 0. The van der Waals surface area contributed by atoms with Crippen molar-refractivity contribution in [2.24, 2.45) is 5.92 Å². The number of amides is 1. The number of benzene rings is 3. The molecule has 1 amide bonds. The highest BCUT2D eigenvalue weighted by atomic mass is 35.5. The molecule has 0 aliphatic carbocycles. The predicted octanol–water partition coefficient (Wildman–Crippen LogP) is 7.27. The number of carbonyl (C=O) groups is 2. The molecular weight excluding hydrogens is 528 g/mol. The quantitative estimate of drug-likeness (QED) is 0.284. The molecule has 0 saturated heterocycles. The highest BCUT2D eigenvalue weighted by molar-refractivity contribution is 6.35. The van der Waals surface area contributed by atoms with E-state index in [1.807, 2.05) is 0 Å². The van der Waals surface area contributed by atoms with Crippen LogP contribution in [0.1, 0.15) is 48.4 Å². The molecule has 0 saturated carbocycles. The third-order valence-electron chi connectivity index (χ3n) is 5.35. The Bertz CT molecular complexity index is 1230. The molecule has 0 fully saturated rings. The van der Waals surface area contributed by atoms with Crippen LogP contribution in [0.25, 0.3) is 0 Å². The second-order valence-corrected chi connectivity index (χ2v) is 9.59. The molecule has 0 aliphatic rings. The Labute approximate surface area is 224 Å². The molecule has 3 rings (SSSR count). The van der Waals surface area contributed by atoms with Gasteiger partial charge in [0.25, 0.3) is 5.91 Å². The second-order valence-electron chi connectivity index (χ2n) is 8.31. The highest BCUT2D eigenvalue weighted by Crippen LogP contribution is 2.35. The van der Waals surface area contributed by atoms with Crippen molar-refractivity contribution in [1.82, 2.24) is 5.32 Å². The fourth-order valence-corrected chi connectivity index (χ4v) is 4.12. The summed E-state index contributed by atoms with van der Waals surface area (Å²) in [6, 6.07) is 14.8. The van der Waals surface area contributed by atoms with Gasteiger partial charge in [-0.1, -0.05) is 66.8 Å². The molecule has 0 aliphatic heterocycles. The maximum atomic E-state index is 15.1. The Morgan fingerprint density at radius 2 is 1.61 bits per heavy atom. The van der Waals surface area contributed by atoms with E-state index < -0.39 is 29.8 Å². The number of ether oxygens (including phenoxy) is 2. The van der Waals surface area contributed by atoms with E-state index in [-0.39, 0.29) is 23.8 Å². The maximum Gasteiger partial charge on any atom is 0.328 e. The maximum absolute atomic E-state index is 15.1. The van der Waals surface area contributed by atoms with Crippen molar-refractivity contribution in [1.29, 1.82) is 0 Å². The summed E-state index contributed by atoms with van der Waals surface area (Å²) in [6.45, 7) is 5.42. The SMILES string of the molecule is CCOC(=O)C(NC(=O)c1ccc(OC(c2ccc(Cl)cc2)c2ccc(Cl)cc2Cl)c(F)c1)C(C)C. The number of rotatable bonds is 9. The van der Waals surface area contributed by atoms with E-state index in [0.717, 1.165) is 6.07 Å². The minimum atomic E-state index is -0.863. The van der Waals surface area contributed by atoms with Crippen LogP contribution in [-0.2, 0) is 9.53 Å². The zero-order chi connectivity index (χ0) is 26.4. The van der Waals surface area contributed by atoms with Crippen LogP contribution in [0.4, 0.5) is 4.39 Å². The first-order chi connectivity index (χ1) is 17.1. The molecule has 2 atom stereocenters. The number of nitrogens with one attached hydrogen (secondary N) is 1. The highest BCUT2D eigenvalue weighted by Gasteiger charge is 2.27. The molecule has 3 aromatic carbocycles. The van der Waals surface area contributed by atoms with Gasteiger partial charge in [-0.3, -0.25) is 4.79 Å². The Kier molecular flexibility index (Phi) is 9.60. The average molecular weight is 553 g/mol. The van der Waals surface area contributed by atoms with Gasteiger partial charge in [0, 0.05) is 26.2 Å². The zero-order valence-electron chi connectivity index (χ0n) is 19.9. The third kappa shape index (κ3) is 6.90. The first kappa shape index (κ1) is 27.8. The Hall–Kier alpha value is -2.80. The summed E-state index contributed by atoms with van der Waals surface area (Å²) in [5, 5.41) is 3.93. The van der Waals surface area contributed by atoms with Crippen molar-refractivity contribution in [2.45, 2.75) is 32.9 Å². The number of carbonyl (C=O) groups excluding carboxylic acids is 2. The summed E-state index contributed by atoms with van der Waals surface area (Å²) < 4.78 is 26.2. The van der Waals surface area contributed by atoms with E-state index in [1.54, 1.807) is 63.2 Å². The number of esters is 1. The van der Waals surface area contributed by atoms with Crippen LogP contribution >= 0.6 is 34.8 Å². The minimum absolute atomic E-state index is 0.0300. The molecule has 5 nitrogen and oxygen atoms in total. The molecular formula is C27H25Cl3FNO4. The lowest BCUT2D eigenvalue weighted by Gasteiger charge is -2.22. The Morgan fingerprint density at radius 1 is 0.944 bits per heavy atom. The monoisotopic (exact) mass is 551 g/mol. The number of hydrogen-bond donors (Lipinski definition) is 1. The van der Waals surface area contributed by atoms with Crippen LogP contribution in [0.5, 0.6) is 5.75 Å². The van der Waals surface area contributed by atoms with Gasteiger partial charge >= 0.3 is 5.97 Å². The topological polar surface area (TPSA) is 64.6 Å². The van der Waals surface area contributed by atoms with E-state index in [2.05, 4.69) is 5.32 Å². The van der Waals surface area contributed by atoms with Crippen LogP contribution in [0.15, 0.2) is 60.7 Å². The first-order valence-electron chi connectivity index (χ1n) is 11.2. The Balaban J connectivity index is 1.89. The molecule has 3 aromatic rings. The van der Waals surface area contributed by atoms with Crippen LogP contribution in [0.2, 0.25) is 15.1 Å². The summed E-state index contributed by atoms with van der Waals surface area (Å²) >= 11 is 18.5. The lowest BCUT2D eigenvalue weighted by molar-refractivity contribution is -0.146. The van der Waals surface area contributed by atoms with Gasteiger partial charge in [-0.05, 0) is 60.9 Å². The van der Waals surface area contributed by atoms with Gasteiger partial charge in [0.05, 0.1) is 6.61 Å². The van der Waals surface area contributed by atoms with Crippen molar-refractivity contribution >= 4 is 46.7 Å². The lowest BCUT2D eigenvalue weighted by Crippen LogP contribution is -2.45. The van der Waals surface area contributed by atoms with Gasteiger partial charge in [-0.2, -0.15) is 0 Å². The smallest absolute Gasteiger partial charge is 0.328 e. The van der Waals surface area contributed by atoms with Gasteiger partial charge in [-0.25, -0.2) is 9.18 Å². The number of hydrogen-bond acceptors (Lipinski definition) is 4. The van der Waals surface area contributed by atoms with Crippen LogP contribution < -0.4 is 10.1 Å². The fraction of sp³-hybridized carbons (Fsp3) is 0.259. The molecule has 0 heterocycles. The van der Waals surface area contributed by atoms with E-state index >= 15 is 4.39 Å². The van der Waals surface area contributed by atoms with Gasteiger partial charge in [0.1, 0.15) is 6.04 Å². The standard InChI is InChI=1S/C27H25Cl3FNO4/c1-4-35-27(34)24(15(2)3)32-26(33)17-7-12-23(22(31)13-17)36-25(16-5-8-18(28)9-6-16)20-11-10-19(29)14-21(20)30/h5-15,24-25H,4H2,1-3H3,(H,32,33). The summed E-state index contributed by atoms with van der Waals surface area (Å²) in [5.41, 5.74) is 1.28.